The van der Waals surface area contributed by atoms with Gasteiger partial charge in [-0.1, -0.05) is 11.6 Å². The van der Waals surface area contributed by atoms with Gasteiger partial charge in [0.15, 0.2) is 6.61 Å². The average Bonchev–Trinajstić information content (AvgIpc) is 2.63. The molecule has 0 aliphatic carbocycles. The summed E-state index contributed by atoms with van der Waals surface area (Å²) in [5.41, 5.74) is 4.31. The third-order valence-corrected chi connectivity index (χ3v) is 4.49. The van der Waals surface area contributed by atoms with E-state index in [9.17, 15) is 19.2 Å². The third kappa shape index (κ3) is 3.72. The van der Waals surface area contributed by atoms with Crippen molar-refractivity contribution in [2.75, 3.05) is 18.9 Å². The lowest BCUT2D eigenvalue weighted by Crippen LogP contribution is -2.36. The Labute approximate surface area is 157 Å². The number of H-pyrrole nitrogens is 1. The van der Waals surface area contributed by atoms with Crippen LogP contribution in [-0.2, 0) is 23.0 Å². The van der Waals surface area contributed by atoms with Crippen LogP contribution in [0.4, 0.5) is 5.82 Å². The lowest BCUT2D eigenvalue weighted by atomic mass is 9.97. The van der Waals surface area contributed by atoms with Crippen LogP contribution in [0.3, 0.4) is 0 Å². The van der Waals surface area contributed by atoms with Gasteiger partial charge in [-0.25, -0.2) is 4.79 Å². The van der Waals surface area contributed by atoms with Gasteiger partial charge >= 0.3 is 11.7 Å². The molecule has 3 N–H and O–H groups in total. The summed E-state index contributed by atoms with van der Waals surface area (Å²) in [6, 6.07) is 5.11. The van der Waals surface area contributed by atoms with E-state index in [1.54, 1.807) is 18.2 Å². The van der Waals surface area contributed by atoms with E-state index in [1.165, 1.54) is 7.05 Å². The molecule has 1 atom stereocenters. The zero-order valence-corrected chi connectivity index (χ0v) is 15.0. The third-order valence-electron chi connectivity index (χ3n) is 4.26. The smallest absolute Gasteiger partial charge is 0.329 e. The number of carbonyl (C=O) groups excluding carboxylic acids is 2. The Bertz CT molecular complexity index is 1040. The fourth-order valence-electron chi connectivity index (χ4n) is 2.75. The molecule has 1 aromatic carbocycles. The maximum Gasteiger partial charge on any atom is 0.329 e. The maximum atomic E-state index is 12.3. The zero-order chi connectivity index (χ0) is 19.7. The SMILES string of the molecule is Cn1c(N)c(C(=O)COC(=O)[C@H]2COc3ccc(Cl)cc3C2)c(=O)[nH]c1=O. The Morgan fingerprint density at radius 1 is 1.41 bits per heavy atom. The van der Waals surface area contributed by atoms with E-state index in [0.717, 1.165) is 10.1 Å². The molecule has 0 spiro atoms. The number of nitrogen functional groups attached to an aromatic ring is 1. The van der Waals surface area contributed by atoms with Crippen molar-refractivity contribution < 1.29 is 19.1 Å². The highest BCUT2D eigenvalue weighted by molar-refractivity contribution is 6.30. The molecule has 0 saturated carbocycles. The molecule has 0 bridgehead atoms. The number of aromatic nitrogens is 2. The number of rotatable bonds is 4. The number of halogens is 1. The van der Waals surface area contributed by atoms with E-state index >= 15 is 0 Å². The zero-order valence-electron chi connectivity index (χ0n) is 14.3. The number of ketones is 1. The number of carbonyl (C=O) groups is 2. The molecule has 10 heteroatoms. The van der Waals surface area contributed by atoms with Gasteiger partial charge in [-0.2, -0.15) is 0 Å². The van der Waals surface area contributed by atoms with E-state index in [0.29, 0.717) is 17.2 Å². The Morgan fingerprint density at radius 2 is 2.15 bits per heavy atom. The van der Waals surface area contributed by atoms with Crippen LogP contribution in [0, 0.1) is 5.92 Å². The summed E-state index contributed by atoms with van der Waals surface area (Å²) >= 11 is 5.94. The summed E-state index contributed by atoms with van der Waals surface area (Å²) in [6.07, 6.45) is 0.353. The van der Waals surface area contributed by atoms with Crippen molar-refractivity contribution in [3.63, 3.8) is 0 Å². The molecule has 9 nitrogen and oxygen atoms in total. The molecule has 0 saturated heterocycles. The first-order valence-corrected chi connectivity index (χ1v) is 8.35. The number of ether oxygens (including phenoxy) is 2. The van der Waals surface area contributed by atoms with E-state index in [-0.39, 0.29) is 12.4 Å². The van der Waals surface area contributed by atoms with E-state index in [1.807, 2.05) is 4.98 Å². The molecule has 2 aromatic rings. The average molecular weight is 394 g/mol. The number of nitrogens with two attached hydrogens (primary N) is 1. The van der Waals surface area contributed by atoms with Gasteiger partial charge in [-0.05, 0) is 30.2 Å². The number of fused-ring (bicyclic) bond motifs is 1. The molecule has 1 aromatic heterocycles. The predicted octanol–water partition coefficient (Wildman–Crippen LogP) is 0.286. The molecule has 0 fully saturated rings. The molecule has 1 aliphatic rings. The van der Waals surface area contributed by atoms with Crippen molar-refractivity contribution >= 4 is 29.2 Å². The van der Waals surface area contributed by atoms with Gasteiger partial charge < -0.3 is 15.2 Å². The van der Waals surface area contributed by atoms with Gasteiger partial charge in [-0.15, -0.1) is 0 Å². The van der Waals surface area contributed by atoms with Crippen LogP contribution in [-0.4, -0.2) is 34.5 Å². The van der Waals surface area contributed by atoms with Crippen LogP contribution in [0.25, 0.3) is 0 Å². The summed E-state index contributed by atoms with van der Waals surface area (Å²) < 4.78 is 11.5. The number of benzene rings is 1. The number of hydrogen-bond acceptors (Lipinski definition) is 7. The second-order valence-electron chi connectivity index (χ2n) is 6.07. The van der Waals surface area contributed by atoms with Gasteiger partial charge in [0, 0.05) is 12.1 Å². The van der Waals surface area contributed by atoms with E-state index in [4.69, 9.17) is 26.8 Å². The highest BCUT2D eigenvalue weighted by Crippen LogP contribution is 2.30. The van der Waals surface area contributed by atoms with E-state index in [2.05, 4.69) is 0 Å². The number of nitrogens with zero attached hydrogens (tertiary/aromatic N) is 1. The minimum Gasteiger partial charge on any atom is -0.492 e. The van der Waals surface area contributed by atoms with Gasteiger partial charge in [0.25, 0.3) is 5.56 Å². The van der Waals surface area contributed by atoms with E-state index < -0.39 is 41.1 Å². The second-order valence-corrected chi connectivity index (χ2v) is 6.51. The van der Waals surface area contributed by atoms with Crippen LogP contribution < -0.4 is 21.7 Å². The summed E-state index contributed by atoms with van der Waals surface area (Å²) in [4.78, 5) is 49.7. The first kappa shape index (κ1) is 18.7. The molecule has 1 aliphatic heterocycles. The fourth-order valence-corrected chi connectivity index (χ4v) is 2.94. The Morgan fingerprint density at radius 3 is 2.89 bits per heavy atom. The van der Waals surface area contributed by atoms with Gasteiger partial charge in [-0.3, -0.25) is 23.9 Å². The summed E-state index contributed by atoms with van der Waals surface area (Å²) in [5.74, 6) is -1.72. The highest BCUT2D eigenvalue weighted by atomic mass is 35.5. The first-order chi connectivity index (χ1) is 12.8. The largest absolute Gasteiger partial charge is 0.492 e. The first-order valence-electron chi connectivity index (χ1n) is 7.97. The Hall–Kier alpha value is -3.07. The molecule has 2 heterocycles. The topological polar surface area (TPSA) is 133 Å². The van der Waals surface area contributed by atoms with Crippen LogP contribution in [0.5, 0.6) is 5.75 Å². The van der Waals surface area contributed by atoms with Crippen LogP contribution in [0.2, 0.25) is 5.02 Å². The standard InChI is InChI=1S/C17H16ClN3O6/c1-21-14(19)13(15(23)20-17(21)25)11(22)7-27-16(24)9-4-8-5-10(18)2-3-12(8)26-6-9/h2-3,5,9H,4,6-7,19H2,1H3,(H,20,23,25)/t9-/m1/s1. The molecule has 3 rings (SSSR count). The van der Waals surface area contributed by atoms with Crippen LogP contribution in [0.15, 0.2) is 27.8 Å². The van der Waals surface area contributed by atoms with Gasteiger partial charge in [0.1, 0.15) is 23.7 Å². The highest BCUT2D eigenvalue weighted by Gasteiger charge is 2.28. The number of esters is 1. The normalized spacial score (nSPS) is 15.6. The molecule has 142 valence electrons. The Balaban J connectivity index is 1.68. The van der Waals surface area contributed by atoms with Crippen molar-refractivity contribution in [2.24, 2.45) is 13.0 Å². The van der Waals surface area contributed by atoms with Crippen molar-refractivity contribution in [2.45, 2.75) is 6.42 Å². The van der Waals surface area contributed by atoms with Crippen molar-refractivity contribution in [3.8, 4) is 5.75 Å². The number of hydrogen-bond donors (Lipinski definition) is 2. The molecule has 0 unspecified atom stereocenters. The summed E-state index contributed by atoms with van der Waals surface area (Å²) in [7, 11) is 1.30. The van der Waals surface area contributed by atoms with Gasteiger partial charge in [0.05, 0.1) is 5.92 Å². The van der Waals surface area contributed by atoms with Crippen molar-refractivity contribution in [1.29, 1.82) is 0 Å². The van der Waals surface area contributed by atoms with Crippen LogP contribution in [0.1, 0.15) is 15.9 Å². The predicted molar refractivity (Wildman–Crippen MR) is 96.1 cm³/mol. The van der Waals surface area contributed by atoms with Gasteiger partial charge in [0.2, 0.25) is 5.78 Å². The summed E-state index contributed by atoms with van der Waals surface area (Å²) in [5, 5.41) is 0.519. The fraction of sp³-hybridized carbons (Fsp3) is 0.294. The molecule has 0 amide bonds. The Kier molecular flexibility index (Phi) is 5.04. The minimum absolute atomic E-state index is 0.101. The monoisotopic (exact) mass is 393 g/mol. The summed E-state index contributed by atoms with van der Waals surface area (Å²) in [6.45, 7) is -0.576. The number of anilines is 1. The quantitative estimate of drug-likeness (QED) is 0.563. The number of nitrogens with one attached hydrogen (secondary N) is 1. The van der Waals surface area contributed by atoms with Crippen molar-refractivity contribution in [1.82, 2.24) is 9.55 Å². The number of Topliss-reactive ketones (excluding diaryl/α,β-unsaturated/α-hetero) is 1. The molecule has 0 radical (unpaired) electrons. The lowest BCUT2D eigenvalue weighted by Gasteiger charge is -2.24. The van der Waals surface area contributed by atoms with Crippen molar-refractivity contribution in [3.05, 3.63) is 55.2 Å². The minimum atomic E-state index is -0.929. The molecular weight excluding hydrogens is 378 g/mol. The maximum absolute atomic E-state index is 12.3. The molecule has 27 heavy (non-hydrogen) atoms. The second kappa shape index (κ2) is 7.28. The lowest BCUT2D eigenvalue weighted by molar-refractivity contribution is -0.148. The molecular formula is C17H16ClN3O6. The van der Waals surface area contributed by atoms with Crippen LogP contribution >= 0.6 is 11.6 Å². The number of aromatic amines is 1.